The largest absolute Gasteiger partial charge is 0.311 e. The minimum Gasteiger partial charge on any atom is -0.311 e. The molecule has 4 unspecified atom stereocenters. The highest BCUT2D eigenvalue weighted by molar-refractivity contribution is 6.00. The predicted octanol–water partition coefficient (Wildman–Crippen LogP) is 13.6. The van der Waals surface area contributed by atoms with Crippen LogP contribution in [0.15, 0.2) is 206 Å². The Morgan fingerprint density at radius 2 is 1.09 bits per heavy atom. The zero-order valence-electron chi connectivity index (χ0n) is 30.9. The summed E-state index contributed by atoms with van der Waals surface area (Å²) < 4.78 is 0. The van der Waals surface area contributed by atoms with E-state index >= 15 is 0 Å². The fourth-order valence-electron chi connectivity index (χ4n) is 12.0. The van der Waals surface area contributed by atoms with E-state index in [-0.39, 0.29) is 10.8 Å². The van der Waals surface area contributed by atoms with Crippen molar-refractivity contribution in [3.05, 3.63) is 239 Å². The Balaban J connectivity index is 0.964. The van der Waals surface area contributed by atoms with E-state index in [1.807, 2.05) is 0 Å². The number of nitrogens with zero attached hydrogens (tertiary/aromatic N) is 1. The molecule has 0 N–H and O–H groups in total. The highest BCUT2D eigenvalue weighted by atomic mass is 15.1. The van der Waals surface area contributed by atoms with Crippen molar-refractivity contribution in [3.8, 4) is 33.4 Å². The van der Waals surface area contributed by atoms with Crippen LogP contribution in [0.1, 0.15) is 45.7 Å². The molecule has 1 heteroatoms. The summed E-state index contributed by atoms with van der Waals surface area (Å²) in [4.78, 5) is 2.37. The van der Waals surface area contributed by atoms with Gasteiger partial charge in [0.15, 0.2) is 0 Å². The zero-order valence-corrected chi connectivity index (χ0v) is 30.9. The molecule has 0 saturated heterocycles. The molecule has 7 aromatic rings. The van der Waals surface area contributed by atoms with Crippen molar-refractivity contribution in [1.29, 1.82) is 0 Å². The lowest BCUT2D eigenvalue weighted by Crippen LogP contribution is -2.43. The molecule has 0 heterocycles. The second-order valence-electron chi connectivity index (χ2n) is 16.4. The fraction of sp³-hybridized carbons (Fsp3) is 0.0909. The zero-order chi connectivity index (χ0) is 36.6. The molecule has 0 fully saturated rings. The topological polar surface area (TPSA) is 3.24 Å². The Morgan fingerprint density at radius 3 is 1.89 bits per heavy atom. The third-order valence-corrected chi connectivity index (χ3v) is 14.0. The predicted molar refractivity (Wildman–Crippen MR) is 231 cm³/mol. The Labute approximate surface area is 327 Å². The van der Waals surface area contributed by atoms with Crippen LogP contribution in [0.25, 0.3) is 39.0 Å². The van der Waals surface area contributed by atoms with Gasteiger partial charge < -0.3 is 4.90 Å². The first kappa shape index (κ1) is 30.6. The van der Waals surface area contributed by atoms with Crippen LogP contribution in [0.4, 0.5) is 17.1 Å². The minimum atomic E-state index is -0.201. The number of para-hydroxylation sites is 1. The molecule has 2 bridgehead atoms. The molecular weight excluding hydrogens is 675 g/mol. The van der Waals surface area contributed by atoms with Crippen molar-refractivity contribution in [2.75, 3.05) is 4.90 Å². The summed E-state index contributed by atoms with van der Waals surface area (Å²) in [5.41, 5.74) is 23.2. The summed E-state index contributed by atoms with van der Waals surface area (Å²) in [7, 11) is 0. The number of hydrogen-bond acceptors (Lipinski definition) is 1. The molecule has 4 atom stereocenters. The summed E-state index contributed by atoms with van der Waals surface area (Å²) in [6.45, 7) is 0. The molecule has 6 aliphatic rings. The van der Waals surface area contributed by atoms with Crippen LogP contribution in [0.5, 0.6) is 0 Å². The summed E-state index contributed by atoms with van der Waals surface area (Å²) >= 11 is 0. The smallest absolute Gasteiger partial charge is 0.0504 e. The number of fused-ring (bicyclic) bond motifs is 6. The van der Waals surface area contributed by atoms with Crippen LogP contribution in [-0.4, -0.2) is 0 Å². The number of rotatable bonds is 5. The number of anilines is 3. The van der Waals surface area contributed by atoms with Gasteiger partial charge in [0.05, 0.1) is 5.41 Å². The van der Waals surface area contributed by atoms with Gasteiger partial charge in [-0.15, -0.1) is 0 Å². The maximum atomic E-state index is 2.60. The molecule has 0 saturated carbocycles. The molecule has 262 valence electrons. The van der Waals surface area contributed by atoms with E-state index in [1.165, 1.54) is 61.2 Å². The first-order valence-electron chi connectivity index (χ1n) is 20.1. The Hall–Kier alpha value is -6.70. The van der Waals surface area contributed by atoms with Crippen molar-refractivity contribution in [2.24, 2.45) is 5.92 Å². The number of benzene rings is 7. The molecule has 0 aromatic heterocycles. The summed E-state index contributed by atoms with van der Waals surface area (Å²) in [5.74, 6) is 0.777. The Bertz CT molecular complexity index is 2930. The summed E-state index contributed by atoms with van der Waals surface area (Å²) in [6.07, 6.45) is 15.7. The van der Waals surface area contributed by atoms with Gasteiger partial charge in [0.1, 0.15) is 0 Å². The quantitative estimate of drug-likeness (QED) is 0.172. The van der Waals surface area contributed by atoms with Gasteiger partial charge in [0, 0.05) is 34.3 Å². The van der Waals surface area contributed by atoms with E-state index in [9.17, 15) is 0 Å². The van der Waals surface area contributed by atoms with E-state index < -0.39 is 0 Å². The van der Waals surface area contributed by atoms with Gasteiger partial charge in [-0.1, -0.05) is 164 Å². The van der Waals surface area contributed by atoms with Crippen LogP contribution < -0.4 is 4.90 Å². The highest BCUT2D eigenvalue weighted by Gasteiger charge is 2.66. The first-order chi connectivity index (χ1) is 27.8. The molecule has 0 aliphatic heterocycles. The maximum absolute atomic E-state index is 2.60. The van der Waals surface area contributed by atoms with E-state index in [0.29, 0.717) is 11.8 Å². The second-order valence-corrected chi connectivity index (χ2v) is 16.4. The van der Waals surface area contributed by atoms with Gasteiger partial charge in [0.25, 0.3) is 0 Å². The monoisotopic (exact) mass is 711 g/mol. The van der Waals surface area contributed by atoms with E-state index in [0.717, 1.165) is 23.5 Å². The lowest BCUT2D eigenvalue weighted by Gasteiger charge is -2.48. The van der Waals surface area contributed by atoms with Gasteiger partial charge >= 0.3 is 0 Å². The molecule has 2 spiro atoms. The molecule has 7 aromatic carbocycles. The lowest BCUT2D eigenvalue weighted by atomic mass is 9.53. The SMILES string of the molecule is C1=CC2c3ccc4c5c3C3(C6=C(C=CC5(C6)c5c(-c6ccc(N(c7ccccc7)c7ccc(-c8ccccc8)cc7)cc6)cccc5-4)c4ccccc43)C2C=C1. The number of allylic oxidation sites excluding steroid dienone is 8. The number of hydrogen-bond donors (Lipinski definition) is 0. The van der Waals surface area contributed by atoms with Crippen molar-refractivity contribution in [2.45, 2.75) is 23.2 Å². The molecule has 56 heavy (non-hydrogen) atoms. The summed E-state index contributed by atoms with van der Waals surface area (Å²) in [6, 6.07) is 61.0. The Morgan fingerprint density at radius 1 is 0.464 bits per heavy atom. The second kappa shape index (κ2) is 11.0. The summed E-state index contributed by atoms with van der Waals surface area (Å²) in [5, 5.41) is 0. The highest BCUT2D eigenvalue weighted by Crippen LogP contribution is 2.75. The van der Waals surface area contributed by atoms with Gasteiger partial charge in [-0.25, -0.2) is 0 Å². The van der Waals surface area contributed by atoms with Crippen LogP contribution in [0.3, 0.4) is 0 Å². The van der Waals surface area contributed by atoms with E-state index in [4.69, 9.17) is 0 Å². The molecule has 6 aliphatic carbocycles. The fourth-order valence-corrected chi connectivity index (χ4v) is 12.0. The van der Waals surface area contributed by atoms with Crippen molar-refractivity contribution >= 4 is 22.6 Å². The molecule has 13 rings (SSSR count). The van der Waals surface area contributed by atoms with Gasteiger partial charge in [-0.05, 0) is 121 Å². The normalized spacial score (nSPS) is 23.1. The minimum absolute atomic E-state index is 0.114. The maximum Gasteiger partial charge on any atom is 0.0504 e. The average molecular weight is 712 g/mol. The van der Waals surface area contributed by atoms with Crippen LogP contribution >= 0.6 is 0 Å². The third kappa shape index (κ3) is 3.71. The van der Waals surface area contributed by atoms with Crippen LogP contribution in [0, 0.1) is 5.92 Å². The average Bonchev–Trinajstić information content (AvgIpc) is 3.86. The van der Waals surface area contributed by atoms with E-state index in [2.05, 4.69) is 205 Å². The van der Waals surface area contributed by atoms with Gasteiger partial charge in [-0.2, -0.15) is 0 Å². The van der Waals surface area contributed by atoms with Crippen molar-refractivity contribution in [1.82, 2.24) is 0 Å². The standard InChI is InChI=1S/C55H37N/c1-3-12-35(13-4-1)36-22-26-39(27-23-36)56(38-14-5-2-6-15-38)40-28-24-37(25-29-40)41-18-11-19-45-47-31-30-46-43-17-8-10-21-49(43)55-48-20-9-7-16-42(48)44-32-33-54(51(41)45,34-50(44)55)52(47)53(46)55/h1-33,43,49H,34H2. The van der Waals surface area contributed by atoms with E-state index in [1.54, 1.807) is 16.7 Å². The van der Waals surface area contributed by atoms with Crippen LogP contribution in [-0.2, 0) is 10.8 Å². The lowest BCUT2D eigenvalue weighted by molar-refractivity contribution is 0.406. The van der Waals surface area contributed by atoms with Crippen molar-refractivity contribution in [3.63, 3.8) is 0 Å². The first-order valence-corrected chi connectivity index (χ1v) is 20.1. The molecule has 1 nitrogen and oxygen atoms in total. The molecule has 0 radical (unpaired) electrons. The van der Waals surface area contributed by atoms with Gasteiger partial charge in [-0.3, -0.25) is 0 Å². The van der Waals surface area contributed by atoms with Crippen LogP contribution in [0.2, 0.25) is 0 Å². The molecule has 0 amide bonds. The molecular formula is C55H37N. The van der Waals surface area contributed by atoms with Gasteiger partial charge in [0.2, 0.25) is 0 Å². The third-order valence-electron chi connectivity index (χ3n) is 14.0. The van der Waals surface area contributed by atoms with Crippen molar-refractivity contribution < 1.29 is 0 Å². The Kier molecular flexibility index (Phi) is 5.99.